The van der Waals surface area contributed by atoms with Crippen molar-refractivity contribution in [3.05, 3.63) is 59.7 Å². The molecule has 0 aliphatic heterocycles. The lowest BCUT2D eigenvalue weighted by Crippen LogP contribution is -2.43. The SMILES string of the molecule is CC(=O)O.CSc1cc(C(O)CNC(C)(C)Cc2ccccc2)ccc1O. The first-order chi connectivity index (χ1) is 12.6. The van der Waals surface area contributed by atoms with Gasteiger partial charge in [-0.3, -0.25) is 4.79 Å². The van der Waals surface area contributed by atoms with Crippen LogP contribution in [0, 0.1) is 0 Å². The van der Waals surface area contributed by atoms with Gasteiger partial charge in [0.25, 0.3) is 5.97 Å². The zero-order valence-electron chi connectivity index (χ0n) is 16.3. The summed E-state index contributed by atoms with van der Waals surface area (Å²) >= 11 is 1.47. The number of hydrogen-bond donors (Lipinski definition) is 4. The average molecular weight is 392 g/mol. The number of thioether (sulfide) groups is 1. The Labute approximate surface area is 165 Å². The highest BCUT2D eigenvalue weighted by Gasteiger charge is 2.20. The maximum atomic E-state index is 10.4. The highest BCUT2D eigenvalue weighted by molar-refractivity contribution is 7.98. The first kappa shape index (κ1) is 23.0. The molecule has 2 rings (SSSR count). The van der Waals surface area contributed by atoms with E-state index in [-0.39, 0.29) is 11.3 Å². The number of rotatable bonds is 7. The molecule has 0 radical (unpaired) electrons. The van der Waals surface area contributed by atoms with Crippen LogP contribution in [0.15, 0.2) is 53.4 Å². The molecule has 2 aromatic carbocycles. The molecule has 0 saturated carbocycles. The van der Waals surface area contributed by atoms with Gasteiger partial charge < -0.3 is 20.6 Å². The molecule has 0 bridgehead atoms. The molecule has 0 aliphatic carbocycles. The number of phenolic OH excluding ortho intramolecular Hbond substituents is 1. The normalized spacial score (nSPS) is 12.0. The van der Waals surface area contributed by atoms with Crippen LogP contribution < -0.4 is 5.32 Å². The third kappa shape index (κ3) is 8.95. The monoisotopic (exact) mass is 391 g/mol. The van der Waals surface area contributed by atoms with Crippen molar-refractivity contribution in [1.29, 1.82) is 0 Å². The Balaban J connectivity index is 0.000000828. The van der Waals surface area contributed by atoms with Crippen LogP contribution in [0.4, 0.5) is 0 Å². The van der Waals surface area contributed by atoms with Crippen molar-refractivity contribution in [2.75, 3.05) is 12.8 Å². The Bertz CT molecular complexity index is 715. The summed E-state index contributed by atoms with van der Waals surface area (Å²) in [4.78, 5) is 9.78. The number of aliphatic hydroxyl groups is 1. The van der Waals surface area contributed by atoms with Crippen LogP contribution in [0.25, 0.3) is 0 Å². The molecule has 4 N–H and O–H groups in total. The Morgan fingerprint density at radius 1 is 1.19 bits per heavy atom. The van der Waals surface area contributed by atoms with E-state index >= 15 is 0 Å². The Kier molecular flexibility index (Phi) is 9.35. The minimum Gasteiger partial charge on any atom is -0.507 e. The number of β-amino-alcohol motifs (C(OH)–C–C–N with tert-alkyl or cyclic N) is 1. The summed E-state index contributed by atoms with van der Waals surface area (Å²) in [6, 6.07) is 15.6. The number of benzene rings is 2. The number of nitrogens with one attached hydrogen (secondary N) is 1. The molecule has 148 valence electrons. The van der Waals surface area contributed by atoms with Gasteiger partial charge in [0.2, 0.25) is 0 Å². The first-order valence-electron chi connectivity index (χ1n) is 8.68. The Hall–Kier alpha value is -2.02. The van der Waals surface area contributed by atoms with Crippen molar-refractivity contribution in [2.24, 2.45) is 0 Å². The molecule has 0 amide bonds. The second-order valence-corrected chi connectivity index (χ2v) is 7.74. The van der Waals surface area contributed by atoms with Crippen LogP contribution >= 0.6 is 11.8 Å². The number of aliphatic carboxylic acids is 1. The summed E-state index contributed by atoms with van der Waals surface area (Å²) in [5, 5.41) is 31.0. The number of phenols is 1. The first-order valence-corrected chi connectivity index (χ1v) is 9.90. The van der Waals surface area contributed by atoms with E-state index in [1.807, 2.05) is 30.5 Å². The largest absolute Gasteiger partial charge is 0.507 e. The van der Waals surface area contributed by atoms with Gasteiger partial charge in [0.15, 0.2) is 0 Å². The van der Waals surface area contributed by atoms with Crippen molar-refractivity contribution in [3.8, 4) is 5.75 Å². The molecule has 0 saturated heterocycles. The summed E-state index contributed by atoms with van der Waals surface area (Å²) in [5.74, 6) is -0.578. The van der Waals surface area contributed by atoms with Gasteiger partial charge in [0.05, 0.1) is 6.10 Å². The number of hydrogen-bond acceptors (Lipinski definition) is 5. The number of aromatic hydroxyl groups is 1. The number of carbonyl (C=O) groups is 1. The molecule has 1 atom stereocenters. The van der Waals surface area contributed by atoms with E-state index in [0.29, 0.717) is 6.54 Å². The zero-order chi connectivity index (χ0) is 20.4. The van der Waals surface area contributed by atoms with Gasteiger partial charge in [-0.15, -0.1) is 11.8 Å². The van der Waals surface area contributed by atoms with Crippen molar-refractivity contribution in [3.63, 3.8) is 0 Å². The Morgan fingerprint density at radius 2 is 1.78 bits per heavy atom. The summed E-state index contributed by atoms with van der Waals surface area (Å²) in [6.45, 7) is 5.83. The highest BCUT2D eigenvalue weighted by atomic mass is 32.2. The molecule has 0 fully saturated rings. The maximum absolute atomic E-state index is 10.4. The standard InChI is InChI=1S/C19H25NO2S.C2H4O2/c1-19(2,12-14-7-5-4-6-8-14)20-13-17(22)15-9-10-16(21)18(11-15)23-3;1-2(3)4/h4-11,17,20-22H,12-13H2,1-3H3;1H3,(H,3,4). The second-order valence-electron chi connectivity index (χ2n) is 6.89. The molecule has 5 nitrogen and oxygen atoms in total. The van der Waals surface area contributed by atoms with Gasteiger partial charge in [0.1, 0.15) is 5.75 Å². The van der Waals surface area contributed by atoms with Crippen LogP contribution in [-0.4, -0.2) is 39.6 Å². The van der Waals surface area contributed by atoms with E-state index < -0.39 is 12.1 Å². The van der Waals surface area contributed by atoms with Crippen LogP contribution in [0.1, 0.15) is 38.0 Å². The quantitative estimate of drug-likeness (QED) is 0.536. The van der Waals surface area contributed by atoms with Gasteiger partial charge >= 0.3 is 0 Å². The van der Waals surface area contributed by atoms with Gasteiger partial charge in [0, 0.05) is 23.9 Å². The van der Waals surface area contributed by atoms with E-state index in [4.69, 9.17) is 9.90 Å². The van der Waals surface area contributed by atoms with Crippen molar-refractivity contribution < 1.29 is 20.1 Å². The van der Waals surface area contributed by atoms with E-state index in [2.05, 4.69) is 31.3 Å². The lowest BCUT2D eigenvalue weighted by molar-refractivity contribution is -0.134. The molecule has 0 aromatic heterocycles. The third-order valence-electron chi connectivity index (χ3n) is 3.85. The molecular formula is C21H29NO4S. The maximum Gasteiger partial charge on any atom is 0.300 e. The minimum absolute atomic E-state index is 0.110. The number of carboxylic acids is 1. The topological polar surface area (TPSA) is 89.8 Å². The van der Waals surface area contributed by atoms with Crippen LogP contribution in [0.2, 0.25) is 0 Å². The van der Waals surface area contributed by atoms with E-state index in [1.165, 1.54) is 17.3 Å². The van der Waals surface area contributed by atoms with Gasteiger partial charge in [-0.25, -0.2) is 0 Å². The predicted octanol–water partition coefficient (Wildman–Crippen LogP) is 3.85. The van der Waals surface area contributed by atoms with Crippen molar-refractivity contribution in [2.45, 2.75) is 43.7 Å². The third-order valence-corrected chi connectivity index (χ3v) is 4.62. The second kappa shape index (κ2) is 11.0. The predicted molar refractivity (Wildman–Crippen MR) is 110 cm³/mol. The summed E-state index contributed by atoms with van der Waals surface area (Å²) in [5.41, 5.74) is 1.98. The summed E-state index contributed by atoms with van der Waals surface area (Å²) < 4.78 is 0. The molecule has 0 heterocycles. The fourth-order valence-electron chi connectivity index (χ4n) is 2.56. The van der Waals surface area contributed by atoms with Crippen molar-refractivity contribution in [1.82, 2.24) is 5.32 Å². The average Bonchev–Trinajstić information content (AvgIpc) is 2.60. The Morgan fingerprint density at radius 3 is 2.33 bits per heavy atom. The van der Waals surface area contributed by atoms with E-state index in [1.54, 1.807) is 12.1 Å². The van der Waals surface area contributed by atoms with Gasteiger partial charge in [-0.1, -0.05) is 36.4 Å². The fraction of sp³-hybridized carbons (Fsp3) is 0.381. The van der Waals surface area contributed by atoms with Crippen molar-refractivity contribution >= 4 is 17.7 Å². The lowest BCUT2D eigenvalue weighted by atomic mass is 9.94. The lowest BCUT2D eigenvalue weighted by Gasteiger charge is -2.28. The molecular weight excluding hydrogens is 362 g/mol. The smallest absolute Gasteiger partial charge is 0.300 e. The highest BCUT2D eigenvalue weighted by Crippen LogP contribution is 2.29. The van der Waals surface area contributed by atoms with Crippen LogP contribution in [0.3, 0.4) is 0 Å². The van der Waals surface area contributed by atoms with E-state index in [0.717, 1.165) is 23.8 Å². The zero-order valence-corrected chi connectivity index (χ0v) is 17.1. The molecule has 27 heavy (non-hydrogen) atoms. The molecule has 0 aliphatic rings. The van der Waals surface area contributed by atoms with E-state index in [9.17, 15) is 10.2 Å². The molecule has 2 aromatic rings. The fourth-order valence-corrected chi connectivity index (χ4v) is 3.09. The molecule has 1 unspecified atom stereocenters. The van der Waals surface area contributed by atoms with Gasteiger partial charge in [-0.05, 0) is 49.8 Å². The summed E-state index contributed by atoms with van der Waals surface area (Å²) in [7, 11) is 0. The number of carboxylic acid groups (broad SMARTS) is 1. The molecule has 6 heteroatoms. The minimum atomic E-state index is -0.833. The van der Waals surface area contributed by atoms with Crippen LogP contribution in [0.5, 0.6) is 5.75 Å². The summed E-state index contributed by atoms with van der Waals surface area (Å²) in [6.07, 6.45) is 2.20. The number of aliphatic hydroxyl groups excluding tert-OH is 1. The molecule has 0 spiro atoms. The van der Waals surface area contributed by atoms with Crippen LogP contribution in [-0.2, 0) is 11.2 Å². The van der Waals surface area contributed by atoms with Gasteiger partial charge in [-0.2, -0.15) is 0 Å².